The average molecular weight is 156 g/mol. The minimum atomic E-state index is 0. The van der Waals surface area contributed by atoms with Crippen LogP contribution in [-0.2, 0) is 0 Å². The minimum Gasteiger partial charge on any atom is -1.00 e. The molecule has 0 amide bonds. The summed E-state index contributed by atoms with van der Waals surface area (Å²) in [5.74, 6) is 0. The molecule has 66 valence electrons. The van der Waals surface area contributed by atoms with E-state index in [2.05, 4.69) is 13.8 Å². The van der Waals surface area contributed by atoms with Gasteiger partial charge in [0.15, 0.2) is 0 Å². The van der Waals surface area contributed by atoms with E-state index in [1.807, 2.05) is 0 Å². The molecular weight excluding hydrogens is 135 g/mol. The van der Waals surface area contributed by atoms with Gasteiger partial charge in [0.05, 0.1) is 0 Å². The van der Waals surface area contributed by atoms with Crippen molar-refractivity contribution < 1.29 is 30.5 Å². The zero-order valence-corrected chi connectivity index (χ0v) is 8.14. The first-order valence-electron chi connectivity index (χ1n) is 4.05. The number of aliphatic hydroxyl groups excluding tert-OH is 2. The molecule has 3 heteroatoms. The molecule has 0 radical (unpaired) electrons. The van der Waals surface area contributed by atoms with Crippen molar-refractivity contribution >= 4 is 0 Å². The second kappa shape index (κ2) is 22.4. The maximum Gasteiger partial charge on any atom is 1.00 e. The van der Waals surface area contributed by atoms with E-state index in [1.165, 1.54) is 0 Å². The van der Waals surface area contributed by atoms with Gasteiger partial charge in [0, 0.05) is 13.2 Å². The standard InChI is InChI=1S/2C4H10O.Li.H/c2*1-2-3-4-5;;/h2*5H,2-4H2,1H3;;/q;;+1;-1. The zero-order chi connectivity index (χ0) is 8.24. The summed E-state index contributed by atoms with van der Waals surface area (Å²) in [6.45, 7) is 4.79. The molecule has 0 saturated carbocycles. The van der Waals surface area contributed by atoms with E-state index in [0.29, 0.717) is 13.2 Å². The van der Waals surface area contributed by atoms with Crippen molar-refractivity contribution in [2.45, 2.75) is 39.5 Å². The van der Waals surface area contributed by atoms with Crippen LogP contribution in [0.5, 0.6) is 0 Å². The predicted molar refractivity (Wildman–Crippen MR) is 45.1 cm³/mol. The van der Waals surface area contributed by atoms with E-state index in [4.69, 9.17) is 10.2 Å². The molecule has 0 rings (SSSR count). The summed E-state index contributed by atoms with van der Waals surface area (Å²) in [7, 11) is 0. The van der Waals surface area contributed by atoms with E-state index in [9.17, 15) is 0 Å². The van der Waals surface area contributed by atoms with Crippen LogP contribution in [0.4, 0.5) is 0 Å². The fraction of sp³-hybridized carbons (Fsp3) is 1.00. The molecule has 0 heterocycles. The molecule has 0 aliphatic carbocycles. The first-order chi connectivity index (χ1) is 4.83. The van der Waals surface area contributed by atoms with Gasteiger partial charge in [0.2, 0.25) is 0 Å². The van der Waals surface area contributed by atoms with Crippen molar-refractivity contribution in [1.82, 2.24) is 0 Å². The van der Waals surface area contributed by atoms with Gasteiger partial charge in [-0.25, -0.2) is 0 Å². The maximum absolute atomic E-state index is 8.07. The Morgan fingerprint density at radius 1 is 0.909 bits per heavy atom. The van der Waals surface area contributed by atoms with Crippen LogP contribution in [0, 0.1) is 0 Å². The number of unbranched alkanes of at least 4 members (excludes halogenated alkanes) is 2. The Labute approximate surface area is 83.7 Å². The number of rotatable bonds is 4. The summed E-state index contributed by atoms with van der Waals surface area (Å²) in [5.41, 5.74) is 0. The third kappa shape index (κ3) is 37.4. The van der Waals surface area contributed by atoms with E-state index in [-0.39, 0.29) is 20.3 Å². The van der Waals surface area contributed by atoms with E-state index >= 15 is 0 Å². The van der Waals surface area contributed by atoms with Crippen LogP contribution in [0.15, 0.2) is 0 Å². The second-order valence-electron chi connectivity index (χ2n) is 2.15. The van der Waals surface area contributed by atoms with Crippen LogP contribution in [0.25, 0.3) is 0 Å². The van der Waals surface area contributed by atoms with Gasteiger partial charge in [0.25, 0.3) is 0 Å². The molecule has 0 aliphatic heterocycles. The first kappa shape index (κ1) is 17.6. The van der Waals surface area contributed by atoms with E-state index in [1.54, 1.807) is 0 Å². The summed E-state index contributed by atoms with van der Waals surface area (Å²) in [4.78, 5) is 0. The Hall–Kier alpha value is 0.517. The topological polar surface area (TPSA) is 40.5 Å². The Morgan fingerprint density at radius 3 is 1.18 bits per heavy atom. The molecule has 2 N–H and O–H groups in total. The van der Waals surface area contributed by atoms with Gasteiger partial charge in [-0.3, -0.25) is 0 Å². The van der Waals surface area contributed by atoms with Crippen LogP contribution in [0.3, 0.4) is 0 Å². The fourth-order valence-corrected chi connectivity index (χ4v) is 0.316. The summed E-state index contributed by atoms with van der Waals surface area (Å²) >= 11 is 0. The van der Waals surface area contributed by atoms with Crippen LogP contribution in [0.1, 0.15) is 41.0 Å². The predicted octanol–water partition coefficient (Wildman–Crippen LogP) is -1.33. The molecule has 0 unspecified atom stereocenters. The van der Waals surface area contributed by atoms with Crippen molar-refractivity contribution in [3.8, 4) is 0 Å². The van der Waals surface area contributed by atoms with Gasteiger partial charge in [0.1, 0.15) is 0 Å². The molecule has 0 spiro atoms. The Morgan fingerprint density at radius 2 is 1.18 bits per heavy atom. The number of hydrogen-bond donors (Lipinski definition) is 2. The molecule has 0 aromatic heterocycles. The summed E-state index contributed by atoms with van der Waals surface area (Å²) in [6, 6.07) is 0. The van der Waals surface area contributed by atoms with E-state index < -0.39 is 0 Å². The van der Waals surface area contributed by atoms with Gasteiger partial charge < -0.3 is 11.6 Å². The maximum atomic E-state index is 8.07. The van der Waals surface area contributed by atoms with E-state index in [0.717, 1.165) is 25.7 Å². The largest absolute Gasteiger partial charge is 1.00 e. The van der Waals surface area contributed by atoms with Crippen LogP contribution in [-0.4, -0.2) is 23.4 Å². The summed E-state index contributed by atoms with van der Waals surface area (Å²) < 4.78 is 0. The monoisotopic (exact) mass is 156 g/mol. The van der Waals surface area contributed by atoms with Gasteiger partial charge in [-0.15, -0.1) is 0 Å². The third-order valence-electron chi connectivity index (χ3n) is 1.02. The number of aliphatic hydroxyl groups is 2. The molecular formula is C8H21LiO2. The molecule has 0 aromatic rings. The van der Waals surface area contributed by atoms with Gasteiger partial charge >= 0.3 is 18.9 Å². The molecule has 0 aromatic carbocycles. The minimum absolute atomic E-state index is 0. The molecule has 0 bridgehead atoms. The van der Waals surface area contributed by atoms with Crippen LogP contribution < -0.4 is 18.9 Å². The Bertz CT molecular complexity index is 38.0. The first-order valence-corrected chi connectivity index (χ1v) is 4.05. The average Bonchev–Trinajstić information content (AvgIpc) is 1.93. The molecule has 0 aliphatic rings. The van der Waals surface area contributed by atoms with Gasteiger partial charge in [-0.1, -0.05) is 26.7 Å². The Balaban J connectivity index is -0.0000000457. The molecule has 0 saturated heterocycles. The Kier molecular flexibility index (Phi) is 35.8. The van der Waals surface area contributed by atoms with Crippen molar-refractivity contribution in [2.75, 3.05) is 13.2 Å². The van der Waals surface area contributed by atoms with Crippen molar-refractivity contribution in [2.24, 2.45) is 0 Å². The van der Waals surface area contributed by atoms with Crippen LogP contribution in [0.2, 0.25) is 0 Å². The molecule has 2 nitrogen and oxygen atoms in total. The molecule has 0 fully saturated rings. The third-order valence-corrected chi connectivity index (χ3v) is 1.02. The van der Waals surface area contributed by atoms with Crippen LogP contribution >= 0.6 is 0 Å². The fourth-order valence-electron chi connectivity index (χ4n) is 0.316. The van der Waals surface area contributed by atoms with Crippen molar-refractivity contribution in [1.29, 1.82) is 0 Å². The molecule has 11 heavy (non-hydrogen) atoms. The van der Waals surface area contributed by atoms with Crippen molar-refractivity contribution in [3.63, 3.8) is 0 Å². The quantitative estimate of drug-likeness (QED) is 0.495. The van der Waals surface area contributed by atoms with Gasteiger partial charge in [-0.2, -0.15) is 0 Å². The number of hydrogen-bond acceptors (Lipinski definition) is 2. The normalized spacial score (nSPS) is 7.64. The summed E-state index contributed by atoms with van der Waals surface area (Å²) in [6.07, 6.45) is 4.08. The van der Waals surface area contributed by atoms with Crippen molar-refractivity contribution in [3.05, 3.63) is 0 Å². The SMILES string of the molecule is CCCCO.CCCCO.[H-].[Li+]. The smallest absolute Gasteiger partial charge is 1.00 e. The van der Waals surface area contributed by atoms with Gasteiger partial charge in [-0.05, 0) is 12.8 Å². The second-order valence-corrected chi connectivity index (χ2v) is 2.15. The molecule has 0 atom stereocenters. The summed E-state index contributed by atoms with van der Waals surface area (Å²) in [5, 5.41) is 16.1. The zero-order valence-electron chi connectivity index (χ0n) is 9.14.